The van der Waals surface area contributed by atoms with Crippen molar-refractivity contribution >= 4 is 27.8 Å². The fourth-order valence-electron chi connectivity index (χ4n) is 5.01. The second-order valence-electron chi connectivity index (χ2n) is 8.78. The number of aromatic amines is 1. The summed E-state index contributed by atoms with van der Waals surface area (Å²) in [7, 11) is 1.79. The molecule has 10 heteroatoms. The van der Waals surface area contributed by atoms with Crippen molar-refractivity contribution in [2.24, 2.45) is 7.05 Å². The molecule has 4 heterocycles. The van der Waals surface area contributed by atoms with Crippen molar-refractivity contribution < 1.29 is 18.0 Å². The van der Waals surface area contributed by atoms with Gasteiger partial charge in [0, 0.05) is 54.2 Å². The van der Waals surface area contributed by atoms with Gasteiger partial charge >= 0.3 is 6.18 Å². The van der Waals surface area contributed by atoms with Crippen LogP contribution < -0.4 is 0 Å². The summed E-state index contributed by atoms with van der Waals surface area (Å²) >= 11 is 0. The number of rotatable bonds is 3. The first kappa shape index (κ1) is 21.5. The first-order valence-corrected chi connectivity index (χ1v) is 11.3. The van der Waals surface area contributed by atoms with E-state index in [-0.39, 0.29) is 11.9 Å². The average molecular weight is 478 g/mol. The van der Waals surface area contributed by atoms with Gasteiger partial charge in [0.05, 0.1) is 17.1 Å². The molecule has 1 atom stereocenters. The summed E-state index contributed by atoms with van der Waals surface area (Å²) in [6.45, 7) is 0.650. The molecule has 6 rings (SSSR count). The molecule has 0 radical (unpaired) electrons. The highest BCUT2D eigenvalue weighted by Gasteiger charge is 2.33. The molecule has 7 nitrogen and oxygen atoms in total. The molecule has 1 saturated heterocycles. The highest BCUT2D eigenvalue weighted by Crippen LogP contribution is 2.36. The Morgan fingerprint density at radius 3 is 2.63 bits per heavy atom. The number of carbonyl (C=O) groups is 1. The number of aryl methyl sites for hydroxylation is 1. The van der Waals surface area contributed by atoms with Gasteiger partial charge in [-0.3, -0.25) is 14.0 Å². The number of hydrogen-bond acceptors (Lipinski definition) is 3. The van der Waals surface area contributed by atoms with Gasteiger partial charge in [-0.15, -0.1) is 0 Å². The maximum Gasteiger partial charge on any atom is 0.416 e. The number of alkyl halides is 3. The zero-order valence-corrected chi connectivity index (χ0v) is 18.8. The smallest absolute Gasteiger partial charge is 0.347 e. The maximum absolute atomic E-state index is 13.5. The third-order valence-electron chi connectivity index (χ3n) is 6.60. The van der Waals surface area contributed by atoms with Crippen LogP contribution in [0, 0.1) is 0 Å². The topological polar surface area (TPSA) is 71.7 Å². The molecule has 1 aliphatic heterocycles. The molecule has 2 aromatic carbocycles. The molecule has 1 N–H and O–H groups in total. The van der Waals surface area contributed by atoms with Crippen molar-refractivity contribution in [2.75, 3.05) is 6.54 Å². The summed E-state index contributed by atoms with van der Waals surface area (Å²) in [6.07, 6.45) is 2.63. The number of nitrogens with zero attached hydrogens (tertiary/aromatic N) is 5. The van der Waals surface area contributed by atoms with Gasteiger partial charge in [-0.2, -0.15) is 18.3 Å². The van der Waals surface area contributed by atoms with E-state index in [2.05, 4.69) is 15.1 Å². The molecule has 5 aromatic rings. The lowest BCUT2D eigenvalue weighted by Crippen LogP contribution is -2.31. The van der Waals surface area contributed by atoms with E-state index in [0.29, 0.717) is 23.4 Å². The van der Waals surface area contributed by atoms with Gasteiger partial charge < -0.3 is 9.88 Å². The number of hydrogen-bond donors (Lipinski definition) is 1. The molecule has 1 aliphatic rings. The van der Waals surface area contributed by atoms with Gasteiger partial charge in [-0.05, 0) is 55.3 Å². The Bertz CT molecular complexity index is 1550. The van der Waals surface area contributed by atoms with Gasteiger partial charge in [0.25, 0.3) is 5.91 Å². The number of imidazole rings is 1. The minimum Gasteiger partial charge on any atom is -0.347 e. The molecular formula is C25H21F3N6O. The van der Waals surface area contributed by atoms with Crippen LogP contribution in [0.5, 0.6) is 0 Å². The van der Waals surface area contributed by atoms with E-state index in [4.69, 9.17) is 0 Å². The Morgan fingerprint density at radius 2 is 1.91 bits per heavy atom. The first-order valence-electron chi connectivity index (χ1n) is 11.3. The van der Waals surface area contributed by atoms with Crippen molar-refractivity contribution in [3.63, 3.8) is 0 Å². The lowest BCUT2D eigenvalue weighted by atomic mass is 10.1. The highest BCUT2D eigenvalue weighted by atomic mass is 19.4. The van der Waals surface area contributed by atoms with Gasteiger partial charge in [0.15, 0.2) is 5.65 Å². The van der Waals surface area contributed by atoms with Crippen LogP contribution in [-0.2, 0) is 13.2 Å². The number of nitrogens with one attached hydrogen (secondary N) is 1. The third-order valence-corrected chi connectivity index (χ3v) is 6.60. The van der Waals surface area contributed by atoms with Crippen LogP contribution in [0.3, 0.4) is 0 Å². The van der Waals surface area contributed by atoms with Crippen molar-refractivity contribution in [1.29, 1.82) is 0 Å². The molecule has 0 spiro atoms. The number of benzene rings is 2. The number of H-pyrrole nitrogens is 1. The zero-order chi connectivity index (χ0) is 24.3. The molecule has 0 bridgehead atoms. The van der Waals surface area contributed by atoms with E-state index in [1.807, 2.05) is 27.8 Å². The minimum atomic E-state index is -4.41. The Morgan fingerprint density at radius 1 is 1.11 bits per heavy atom. The van der Waals surface area contributed by atoms with Gasteiger partial charge in [0.2, 0.25) is 0 Å². The van der Waals surface area contributed by atoms with E-state index in [1.54, 1.807) is 30.2 Å². The van der Waals surface area contributed by atoms with E-state index >= 15 is 0 Å². The Labute approximate surface area is 197 Å². The van der Waals surface area contributed by atoms with Gasteiger partial charge in [-0.1, -0.05) is 0 Å². The van der Waals surface area contributed by atoms with Crippen LogP contribution in [-0.4, -0.2) is 41.7 Å². The monoisotopic (exact) mass is 478 g/mol. The second kappa shape index (κ2) is 7.72. The van der Waals surface area contributed by atoms with Crippen LogP contribution >= 0.6 is 0 Å². The first-order chi connectivity index (χ1) is 16.8. The van der Waals surface area contributed by atoms with E-state index in [9.17, 15) is 18.0 Å². The van der Waals surface area contributed by atoms with Crippen molar-refractivity contribution in [1.82, 2.24) is 29.2 Å². The number of amides is 1. The predicted molar refractivity (Wildman–Crippen MR) is 124 cm³/mol. The lowest BCUT2D eigenvalue weighted by molar-refractivity contribution is -0.137. The number of likely N-dealkylation sites (tertiary alicyclic amines) is 1. The van der Waals surface area contributed by atoms with E-state index < -0.39 is 11.7 Å². The molecule has 1 fully saturated rings. The summed E-state index contributed by atoms with van der Waals surface area (Å²) in [6, 6.07) is 10.4. The lowest BCUT2D eigenvalue weighted by Gasteiger charge is -2.23. The van der Waals surface area contributed by atoms with Crippen molar-refractivity contribution in [2.45, 2.75) is 25.1 Å². The minimum absolute atomic E-state index is 0.0786. The molecule has 1 unspecified atom stereocenters. The summed E-state index contributed by atoms with van der Waals surface area (Å²) < 4.78 is 42.7. The summed E-state index contributed by atoms with van der Waals surface area (Å²) in [5.74, 6) is 0.699. The fraction of sp³-hybridized carbons (Fsp3) is 0.240. The molecule has 3 aromatic heterocycles. The maximum atomic E-state index is 13.5. The van der Waals surface area contributed by atoms with Crippen molar-refractivity contribution in [3.8, 4) is 5.69 Å². The zero-order valence-electron chi connectivity index (χ0n) is 18.8. The summed E-state index contributed by atoms with van der Waals surface area (Å²) in [4.78, 5) is 22.8. The van der Waals surface area contributed by atoms with Crippen LogP contribution in [0.15, 0.2) is 61.1 Å². The standard InChI is InChI=1S/C25H21F3N6O/c1-32-14-19-18-13-15(24(35)33-12-2-3-21(33)22-29-10-11-30-22)4-9-20(18)34(23(19)31-32)17-7-5-16(6-8-17)25(26,27)28/h4-11,13-14,21H,2-3,12H2,1H3,(H,29,30). The molecular weight excluding hydrogens is 457 g/mol. The number of fused-ring (bicyclic) bond motifs is 3. The Hall–Kier alpha value is -4.08. The average Bonchev–Trinajstić information content (AvgIpc) is 3.61. The number of halogens is 3. The normalized spacial score (nSPS) is 16.6. The van der Waals surface area contributed by atoms with Crippen LogP contribution in [0.4, 0.5) is 13.2 Å². The third kappa shape index (κ3) is 3.48. The largest absolute Gasteiger partial charge is 0.416 e. The Balaban J connectivity index is 1.44. The van der Waals surface area contributed by atoms with Gasteiger partial charge in [0.1, 0.15) is 5.82 Å². The van der Waals surface area contributed by atoms with Crippen LogP contribution in [0.25, 0.3) is 27.6 Å². The SMILES string of the molecule is Cn1cc2c3cc(C(=O)N4CCCC4c4ncc[nH]4)ccc3n(-c3ccc(C(F)(F)F)cc3)c2n1. The highest BCUT2D eigenvalue weighted by molar-refractivity contribution is 6.10. The summed E-state index contributed by atoms with van der Waals surface area (Å²) in [5.41, 5.74) is 1.78. The number of carbonyl (C=O) groups excluding carboxylic acids is 1. The fourth-order valence-corrected chi connectivity index (χ4v) is 5.01. The Kier molecular flexibility index (Phi) is 4.73. The van der Waals surface area contributed by atoms with Gasteiger partial charge in [-0.25, -0.2) is 4.98 Å². The van der Waals surface area contributed by atoms with Crippen LogP contribution in [0.2, 0.25) is 0 Å². The molecule has 1 amide bonds. The quantitative estimate of drug-likeness (QED) is 0.386. The summed E-state index contributed by atoms with van der Waals surface area (Å²) in [5, 5.41) is 6.18. The predicted octanol–water partition coefficient (Wildman–Crippen LogP) is 5.24. The van der Waals surface area contributed by atoms with E-state index in [1.165, 1.54) is 12.1 Å². The van der Waals surface area contributed by atoms with Crippen LogP contribution in [0.1, 0.15) is 40.6 Å². The second-order valence-corrected chi connectivity index (χ2v) is 8.78. The molecule has 0 saturated carbocycles. The number of aromatic nitrogens is 5. The molecule has 0 aliphatic carbocycles. The van der Waals surface area contributed by atoms with E-state index in [0.717, 1.165) is 47.1 Å². The molecule has 35 heavy (non-hydrogen) atoms. The molecule has 178 valence electrons. The van der Waals surface area contributed by atoms with Crippen molar-refractivity contribution in [3.05, 3.63) is 78.0 Å².